The molecule has 2 aromatic carbocycles. The largest absolute Gasteiger partial charge is 0.433 e. The zero-order valence-corrected chi connectivity index (χ0v) is 13.5. The average molecular weight is 328 g/mol. The lowest BCUT2D eigenvalue weighted by Gasteiger charge is -2.00. The smallest absolute Gasteiger partial charge is 0.264 e. The Morgan fingerprint density at radius 2 is 1.80 bits per heavy atom. The molecule has 5 rings (SSSR count). The molecular formula is C21H16N2O2. The summed E-state index contributed by atoms with van der Waals surface area (Å²) in [5.41, 5.74) is 3.62. The Kier molecular flexibility index (Phi) is 3.10. The van der Waals surface area contributed by atoms with Gasteiger partial charge in [0.2, 0.25) is 5.78 Å². The minimum atomic E-state index is 0.0169. The number of hydrogen-bond donors (Lipinski definition) is 1. The molecule has 0 spiro atoms. The number of hydrogen-bond acceptors (Lipinski definition) is 3. The van der Waals surface area contributed by atoms with E-state index >= 15 is 0 Å². The molecule has 0 radical (unpaired) electrons. The van der Waals surface area contributed by atoms with Crippen molar-refractivity contribution in [1.82, 2.24) is 9.97 Å². The van der Waals surface area contributed by atoms with E-state index in [1.165, 1.54) is 0 Å². The third kappa shape index (κ3) is 2.38. The van der Waals surface area contributed by atoms with Crippen LogP contribution in [0.15, 0.2) is 65.2 Å². The maximum Gasteiger partial charge on any atom is 0.264 e. The summed E-state index contributed by atoms with van der Waals surface area (Å²) in [4.78, 5) is 20.3. The first-order chi connectivity index (χ1) is 12.3. The van der Waals surface area contributed by atoms with Gasteiger partial charge in [0, 0.05) is 34.1 Å². The van der Waals surface area contributed by atoms with E-state index in [1.54, 1.807) is 0 Å². The van der Waals surface area contributed by atoms with Crippen molar-refractivity contribution in [3.63, 3.8) is 0 Å². The number of Topliss-reactive ketones (excluding diaryl/α,β-unsaturated/α-hetero) is 1. The van der Waals surface area contributed by atoms with Crippen LogP contribution in [-0.2, 0) is 0 Å². The Hall–Kier alpha value is -3.14. The van der Waals surface area contributed by atoms with Gasteiger partial charge in [-0.1, -0.05) is 48.5 Å². The summed E-state index contributed by atoms with van der Waals surface area (Å²) in [6.07, 6.45) is 3.79. The van der Waals surface area contributed by atoms with E-state index in [2.05, 4.69) is 9.97 Å². The number of para-hydroxylation sites is 1. The molecule has 2 aromatic heterocycles. The van der Waals surface area contributed by atoms with Crippen LogP contribution in [0, 0.1) is 5.92 Å². The summed E-state index contributed by atoms with van der Waals surface area (Å²) in [6.45, 7) is 0. The fraction of sp³-hybridized carbons (Fsp3) is 0.143. The molecular weight excluding hydrogens is 312 g/mol. The summed E-state index contributed by atoms with van der Waals surface area (Å²) < 4.78 is 6.00. The van der Waals surface area contributed by atoms with Crippen LogP contribution in [0.3, 0.4) is 0 Å². The molecule has 0 amide bonds. The molecule has 0 unspecified atom stereocenters. The van der Waals surface area contributed by atoms with Crippen LogP contribution < -0.4 is 0 Å². The van der Waals surface area contributed by atoms with Crippen molar-refractivity contribution in [2.45, 2.75) is 12.8 Å². The lowest BCUT2D eigenvalue weighted by Crippen LogP contribution is -2.01. The highest BCUT2D eigenvalue weighted by Gasteiger charge is 2.35. The van der Waals surface area contributed by atoms with Gasteiger partial charge in [0.15, 0.2) is 5.76 Å². The van der Waals surface area contributed by atoms with Crippen LogP contribution in [0.1, 0.15) is 23.5 Å². The van der Waals surface area contributed by atoms with Crippen molar-refractivity contribution in [2.24, 2.45) is 5.92 Å². The first-order valence-electron chi connectivity index (χ1n) is 8.48. The predicted octanol–water partition coefficient (Wildman–Crippen LogP) is 5.08. The molecule has 122 valence electrons. The summed E-state index contributed by atoms with van der Waals surface area (Å²) >= 11 is 0. The van der Waals surface area contributed by atoms with E-state index in [1.807, 2.05) is 60.8 Å². The maximum atomic E-state index is 12.5. The van der Waals surface area contributed by atoms with Gasteiger partial charge in [0.25, 0.3) is 5.89 Å². The Balaban J connectivity index is 1.73. The predicted molar refractivity (Wildman–Crippen MR) is 96.3 cm³/mol. The van der Waals surface area contributed by atoms with E-state index in [-0.39, 0.29) is 17.6 Å². The first kappa shape index (κ1) is 14.2. The molecule has 1 aliphatic rings. The summed E-state index contributed by atoms with van der Waals surface area (Å²) in [7, 11) is 0. The van der Waals surface area contributed by atoms with E-state index in [0.29, 0.717) is 11.5 Å². The number of fused-ring (bicyclic) bond motifs is 1. The highest BCUT2D eigenvalue weighted by atomic mass is 16.4. The molecule has 0 aliphatic heterocycles. The number of H-pyrrole nitrogens is 1. The minimum Gasteiger partial charge on any atom is -0.433 e. The average Bonchev–Trinajstić information content (AvgIpc) is 3.28. The van der Waals surface area contributed by atoms with Gasteiger partial charge in [0.05, 0.1) is 0 Å². The number of carbonyl (C=O) groups is 1. The van der Waals surface area contributed by atoms with Gasteiger partial charge in [0.1, 0.15) is 5.69 Å². The number of benzene rings is 2. The molecule has 1 N–H and O–H groups in total. The number of nitrogens with one attached hydrogen (secondary N) is 1. The minimum absolute atomic E-state index is 0.0169. The van der Waals surface area contributed by atoms with Crippen LogP contribution in [-0.4, -0.2) is 15.8 Å². The maximum absolute atomic E-state index is 12.5. The van der Waals surface area contributed by atoms with Gasteiger partial charge in [-0.3, -0.25) is 4.79 Å². The Labute approximate surface area is 144 Å². The Morgan fingerprint density at radius 1 is 1.04 bits per heavy atom. The van der Waals surface area contributed by atoms with E-state index in [4.69, 9.17) is 4.42 Å². The van der Waals surface area contributed by atoms with Crippen molar-refractivity contribution in [1.29, 1.82) is 0 Å². The summed E-state index contributed by atoms with van der Waals surface area (Å²) in [5, 5.41) is 1.06. The molecule has 1 fully saturated rings. The van der Waals surface area contributed by atoms with Crippen molar-refractivity contribution < 1.29 is 9.21 Å². The third-order valence-electron chi connectivity index (χ3n) is 4.67. The van der Waals surface area contributed by atoms with Crippen molar-refractivity contribution >= 4 is 16.7 Å². The molecule has 0 saturated heterocycles. The monoisotopic (exact) mass is 328 g/mol. The molecule has 4 nitrogen and oxygen atoms in total. The SMILES string of the molecule is O=C(c1nc(-c2ccccc2)c(-c2c[nH]c3ccccc23)o1)C1CC1. The van der Waals surface area contributed by atoms with E-state index < -0.39 is 0 Å². The Bertz CT molecular complexity index is 1070. The standard InChI is InChI=1S/C21H16N2O2/c24-19(14-10-11-14)21-23-18(13-6-2-1-3-7-13)20(25-21)16-12-22-17-9-5-4-8-15(16)17/h1-9,12,14,22H,10-11H2. The third-order valence-corrected chi connectivity index (χ3v) is 4.67. The van der Waals surface area contributed by atoms with Gasteiger partial charge in [-0.15, -0.1) is 0 Å². The summed E-state index contributed by atoms with van der Waals surface area (Å²) in [5.74, 6) is 0.968. The van der Waals surface area contributed by atoms with E-state index in [9.17, 15) is 4.79 Å². The molecule has 0 atom stereocenters. The highest BCUT2D eigenvalue weighted by Crippen LogP contribution is 2.39. The van der Waals surface area contributed by atoms with Gasteiger partial charge in [-0.2, -0.15) is 0 Å². The van der Waals surface area contributed by atoms with Crippen molar-refractivity contribution in [3.8, 4) is 22.6 Å². The quantitative estimate of drug-likeness (QED) is 0.531. The zero-order chi connectivity index (χ0) is 16.8. The lowest BCUT2D eigenvalue weighted by molar-refractivity contribution is 0.0934. The van der Waals surface area contributed by atoms with Crippen LogP contribution >= 0.6 is 0 Å². The number of oxazole rings is 1. The number of aromatic amines is 1. The lowest BCUT2D eigenvalue weighted by atomic mass is 10.1. The molecule has 0 bridgehead atoms. The van der Waals surface area contributed by atoms with Crippen molar-refractivity contribution in [3.05, 3.63) is 66.7 Å². The second kappa shape index (κ2) is 5.45. The number of ketones is 1. The molecule has 1 aliphatic carbocycles. The molecule has 4 aromatic rings. The van der Waals surface area contributed by atoms with Gasteiger partial charge in [-0.05, 0) is 18.9 Å². The molecule has 1 saturated carbocycles. The fourth-order valence-electron chi connectivity index (χ4n) is 3.18. The first-order valence-corrected chi connectivity index (χ1v) is 8.48. The van der Waals surface area contributed by atoms with Gasteiger partial charge < -0.3 is 9.40 Å². The van der Waals surface area contributed by atoms with Crippen LogP contribution in [0.25, 0.3) is 33.5 Å². The number of nitrogens with zero attached hydrogens (tertiary/aromatic N) is 1. The number of carbonyl (C=O) groups excluding carboxylic acids is 1. The molecule has 2 heterocycles. The normalized spacial score (nSPS) is 14.1. The molecule has 4 heteroatoms. The number of aromatic nitrogens is 2. The second-order valence-electron chi connectivity index (χ2n) is 6.45. The van der Waals surface area contributed by atoms with Crippen LogP contribution in [0.2, 0.25) is 0 Å². The van der Waals surface area contributed by atoms with Gasteiger partial charge in [-0.25, -0.2) is 4.98 Å². The van der Waals surface area contributed by atoms with Crippen molar-refractivity contribution in [2.75, 3.05) is 0 Å². The fourth-order valence-corrected chi connectivity index (χ4v) is 3.18. The van der Waals surface area contributed by atoms with Gasteiger partial charge >= 0.3 is 0 Å². The van der Waals surface area contributed by atoms with E-state index in [0.717, 1.165) is 34.9 Å². The zero-order valence-electron chi connectivity index (χ0n) is 13.5. The molecule has 25 heavy (non-hydrogen) atoms. The Morgan fingerprint density at radius 3 is 2.60 bits per heavy atom. The number of rotatable bonds is 4. The van der Waals surface area contributed by atoms with Crippen LogP contribution in [0.5, 0.6) is 0 Å². The summed E-state index contributed by atoms with van der Waals surface area (Å²) in [6, 6.07) is 17.9. The highest BCUT2D eigenvalue weighted by molar-refractivity contribution is 6.00. The topological polar surface area (TPSA) is 58.9 Å². The second-order valence-corrected chi connectivity index (χ2v) is 6.45. The van der Waals surface area contributed by atoms with Crippen LogP contribution in [0.4, 0.5) is 0 Å².